The minimum absolute atomic E-state index is 0.326. The second-order valence-electron chi connectivity index (χ2n) is 4.99. The first kappa shape index (κ1) is 16.1. The molecule has 0 unspecified atom stereocenters. The maximum absolute atomic E-state index is 12.6. The Morgan fingerprint density at radius 1 is 0.958 bits per heavy atom. The van der Waals surface area contributed by atoms with Crippen molar-refractivity contribution in [3.8, 4) is 11.5 Å². The van der Waals surface area contributed by atoms with Crippen molar-refractivity contribution in [3.05, 3.63) is 59.0 Å². The van der Waals surface area contributed by atoms with E-state index in [0.29, 0.717) is 16.3 Å². The van der Waals surface area contributed by atoms with Crippen molar-refractivity contribution in [2.75, 3.05) is 19.1 Å². The lowest BCUT2D eigenvalue weighted by atomic mass is 10.2. The predicted octanol–water partition coefficient (Wildman–Crippen LogP) is 3.94. The molecule has 0 saturated carbocycles. The average Bonchev–Trinajstić information content (AvgIpc) is 2.89. The molecule has 0 radical (unpaired) electrons. The van der Waals surface area contributed by atoms with E-state index in [9.17, 15) is 9.59 Å². The third-order valence-corrected chi connectivity index (χ3v) is 4.39. The van der Waals surface area contributed by atoms with Crippen molar-refractivity contribution in [2.24, 2.45) is 0 Å². The summed E-state index contributed by atoms with van der Waals surface area (Å²) >= 11 is 0.921. The Labute approximate surface area is 143 Å². The Bertz CT molecular complexity index is 814. The van der Waals surface area contributed by atoms with E-state index in [0.717, 1.165) is 28.0 Å². The topological polar surface area (TPSA) is 55.8 Å². The molecule has 1 fully saturated rings. The van der Waals surface area contributed by atoms with Gasteiger partial charge in [-0.1, -0.05) is 18.2 Å². The number of benzene rings is 2. The van der Waals surface area contributed by atoms with Crippen LogP contribution in [0.4, 0.5) is 10.5 Å². The Morgan fingerprint density at radius 2 is 1.67 bits per heavy atom. The van der Waals surface area contributed by atoms with Crippen molar-refractivity contribution in [2.45, 2.75) is 0 Å². The fourth-order valence-corrected chi connectivity index (χ4v) is 3.13. The molecule has 2 aromatic rings. The Kier molecular flexibility index (Phi) is 4.57. The van der Waals surface area contributed by atoms with Gasteiger partial charge in [-0.2, -0.15) is 0 Å². The Hall–Kier alpha value is -2.73. The van der Waals surface area contributed by atoms with Crippen molar-refractivity contribution in [1.29, 1.82) is 0 Å². The fraction of sp³-hybridized carbons (Fsp3) is 0.111. The van der Waals surface area contributed by atoms with E-state index in [1.807, 2.05) is 12.1 Å². The third kappa shape index (κ3) is 3.14. The van der Waals surface area contributed by atoms with Crippen LogP contribution in [0.25, 0.3) is 6.08 Å². The van der Waals surface area contributed by atoms with Crippen LogP contribution in [0.15, 0.2) is 53.4 Å². The number of methoxy groups -OCH3 is 2. The predicted molar refractivity (Wildman–Crippen MR) is 94.4 cm³/mol. The van der Waals surface area contributed by atoms with Crippen LogP contribution in [-0.2, 0) is 4.79 Å². The molecule has 0 aliphatic carbocycles. The number of rotatable bonds is 4. The van der Waals surface area contributed by atoms with Crippen LogP contribution in [0.1, 0.15) is 5.56 Å². The summed E-state index contributed by atoms with van der Waals surface area (Å²) in [5.74, 6) is 0.983. The molecule has 6 heteroatoms. The van der Waals surface area contributed by atoms with Crippen LogP contribution in [0, 0.1) is 0 Å². The zero-order chi connectivity index (χ0) is 17.1. The summed E-state index contributed by atoms with van der Waals surface area (Å²) in [5.41, 5.74) is 1.32. The molecule has 1 saturated heterocycles. The quantitative estimate of drug-likeness (QED) is 0.788. The first-order valence-corrected chi connectivity index (χ1v) is 8.00. The molecule has 1 aliphatic heterocycles. The van der Waals surface area contributed by atoms with E-state index in [1.54, 1.807) is 49.6 Å². The Morgan fingerprint density at radius 3 is 2.33 bits per heavy atom. The fourth-order valence-electron chi connectivity index (χ4n) is 2.29. The maximum atomic E-state index is 12.6. The number of amides is 2. The molecule has 3 rings (SSSR count). The molecule has 0 N–H and O–H groups in total. The highest BCUT2D eigenvalue weighted by molar-refractivity contribution is 8.19. The van der Waals surface area contributed by atoms with Crippen molar-refractivity contribution in [1.82, 2.24) is 0 Å². The van der Waals surface area contributed by atoms with Crippen LogP contribution in [0.2, 0.25) is 0 Å². The van der Waals surface area contributed by atoms with Crippen LogP contribution in [0.3, 0.4) is 0 Å². The van der Waals surface area contributed by atoms with E-state index < -0.39 is 0 Å². The highest BCUT2D eigenvalue weighted by Gasteiger charge is 2.36. The largest absolute Gasteiger partial charge is 0.497 e. The lowest BCUT2D eigenvalue weighted by Gasteiger charge is -2.13. The summed E-state index contributed by atoms with van der Waals surface area (Å²) in [6.07, 6.45) is 1.70. The van der Waals surface area contributed by atoms with E-state index in [1.165, 1.54) is 7.11 Å². The monoisotopic (exact) mass is 341 g/mol. The highest BCUT2D eigenvalue weighted by atomic mass is 32.2. The number of imide groups is 1. The Balaban J connectivity index is 1.89. The summed E-state index contributed by atoms with van der Waals surface area (Å²) in [5, 5.41) is -0.326. The van der Waals surface area contributed by atoms with Gasteiger partial charge in [-0.25, -0.2) is 4.90 Å². The first-order valence-electron chi connectivity index (χ1n) is 7.18. The van der Waals surface area contributed by atoms with E-state index in [2.05, 4.69) is 0 Å². The van der Waals surface area contributed by atoms with Gasteiger partial charge in [-0.05, 0) is 47.7 Å². The van der Waals surface area contributed by atoms with Gasteiger partial charge in [0.05, 0.1) is 24.8 Å². The molecule has 2 amide bonds. The van der Waals surface area contributed by atoms with Crippen molar-refractivity contribution >= 4 is 34.7 Å². The number of carbonyl (C=O) groups excluding carboxylic acids is 2. The molecule has 0 bridgehead atoms. The lowest BCUT2D eigenvalue weighted by molar-refractivity contribution is -0.113. The zero-order valence-corrected chi connectivity index (χ0v) is 14.0. The number of hydrogen-bond acceptors (Lipinski definition) is 5. The zero-order valence-electron chi connectivity index (χ0n) is 13.2. The highest BCUT2D eigenvalue weighted by Crippen LogP contribution is 2.36. The number of ether oxygens (including phenoxy) is 2. The number of hydrogen-bond donors (Lipinski definition) is 0. The van der Waals surface area contributed by atoms with Gasteiger partial charge in [0.2, 0.25) is 0 Å². The number of thioether (sulfide) groups is 1. The number of anilines is 1. The van der Waals surface area contributed by atoms with E-state index in [4.69, 9.17) is 9.47 Å². The molecule has 1 heterocycles. The molecule has 2 aromatic carbocycles. The van der Waals surface area contributed by atoms with E-state index in [-0.39, 0.29) is 11.1 Å². The summed E-state index contributed by atoms with van der Waals surface area (Å²) in [6.45, 7) is 0. The molecule has 5 nitrogen and oxygen atoms in total. The summed E-state index contributed by atoms with van der Waals surface area (Å²) in [6, 6.07) is 14.1. The third-order valence-electron chi connectivity index (χ3n) is 3.52. The maximum Gasteiger partial charge on any atom is 0.298 e. The van der Waals surface area contributed by atoms with Crippen LogP contribution in [-0.4, -0.2) is 25.4 Å². The average molecular weight is 341 g/mol. The second kappa shape index (κ2) is 6.80. The SMILES string of the molecule is COc1ccc(/C=C2\SC(=O)N(c3cccc(OC)c3)C2=O)cc1. The molecule has 0 spiro atoms. The van der Waals surface area contributed by atoms with Gasteiger partial charge in [-0.15, -0.1) is 0 Å². The van der Waals surface area contributed by atoms with Crippen LogP contribution < -0.4 is 14.4 Å². The molecule has 122 valence electrons. The van der Waals surface area contributed by atoms with Crippen molar-refractivity contribution < 1.29 is 19.1 Å². The van der Waals surface area contributed by atoms with Crippen LogP contribution >= 0.6 is 11.8 Å². The summed E-state index contributed by atoms with van der Waals surface area (Å²) in [7, 11) is 3.13. The van der Waals surface area contributed by atoms with Gasteiger partial charge in [-0.3, -0.25) is 9.59 Å². The smallest absolute Gasteiger partial charge is 0.298 e. The minimum atomic E-state index is -0.339. The molecule has 24 heavy (non-hydrogen) atoms. The van der Waals surface area contributed by atoms with E-state index >= 15 is 0 Å². The second-order valence-corrected chi connectivity index (χ2v) is 5.98. The van der Waals surface area contributed by atoms with Gasteiger partial charge in [0.15, 0.2) is 0 Å². The van der Waals surface area contributed by atoms with Crippen molar-refractivity contribution in [3.63, 3.8) is 0 Å². The molecular weight excluding hydrogens is 326 g/mol. The normalized spacial score (nSPS) is 15.9. The standard InChI is InChI=1S/C18H15NO4S/c1-22-14-8-6-12(7-9-14)10-16-17(20)19(18(21)24-16)13-4-3-5-15(11-13)23-2/h3-11H,1-2H3/b16-10-. The molecule has 1 aliphatic rings. The minimum Gasteiger partial charge on any atom is -0.497 e. The van der Waals surface area contributed by atoms with Gasteiger partial charge < -0.3 is 9.47 Å². The van der Waals surface area contributed by atoms with Gasteiger partial charge in [0.25, 0.3) is 11.1 Å². The van der Waals surface area contributed by atoms with Crippen LogP contribution in [0.5, 0.6) is 11.5 Å². The summed E-state index contributed by atoms with van der Waals surface area (Å²) in [4.78, 5) is 26.4. The number of carbonyl (C=O) groups is 2. The molecular formula is C18H15NO4S. The molecule has 0 aromatic heterocycles. The van der Waals surface area contributed by atoms with Gasteiger partial charge in [0, 0.05) is 6.07 Å². The van der Waals surface area contributed by atoms with Gasteiger partial charge >= 0.3 is 0 Å². The number of nitrogens with zero attached hydrogens (tertiary/aromatic N) is 1. The van der Waals surface area contributed by atoms with Gasteiger partial charge in [0.1, 0.15) is 11.5 Å². The summed E-state index contributed by atoms with van der Waals surface area (Å²) < 4.78 is 10.3. The molecule has 0 atom stereocenters. The lowest BCUT2D eigenvalue weighted by Crippen LogP contribution is -2.27. The first-order chi connectivity index (χ1) is 11.6.